The molecule has 8 heteroatoms. The quantitative estimate of drug-likeness (QED) is 0.908. The molecule has 0 amide bonds. The van der Waals surface area contributed by atoms with Gasteiger partial charge in [0.15, 0.2) is 11.5 Å². The highest BCUT2D eigenvalue weighted by Crippen LogP contribution is 2.40. The predicted molar refractivity (Wildman–Crippen MR) is 67.5 cm³/mol. The predicted octanol–water partition coefficient (Wildman–Crippen LogP) is 3.45. The molecule has 3 nitrogen and oxygen atoms in total. The average Bonchev–Trinajstić information content (AvgIpc) is 2.26. The lowest BCUT2D eigenvalue weighted by atomic mass is 10.1. The molecule has 0 aliphatic heterocycles. The summed E-state index contributed by atoms with van der Waals surface area (Å²) in [6.07, 6.45) is -4.51. The summed E-state index contributed by atoms with van der Waals surface area (Å²) >= 11 is 3.03. The molecule has 0 radical (unpaired) electrons. The zero-order valence-corrected chi connectivity index (χ0v) is 11.9. The molecule has 18 heavy (non-hydrogen) atoms. The van der Waals surface area contributed by atoms with Crippen molar-refractivity contribution in [1.82, 2.24) is 0 Å². The van der Waals surface area contributed by atoms with Gasteiger partial charge in [-0.05, 0) is 17.7 Å². The lowest BCUT2D eigenvalue weighted by Gasteiger charge is -2.19. The minimum absolute atomic E-state index is 0. The molecule has 1 atom stereocenters. The molecular formula is C10H12BrClF3NO2. The summed E-state index contributed by atoms with van der Waals surface area (Å²) < 4.78 is 47.7. The first-order valence-electron chi connectivity index (χ1n) is 4.55. The number of alkyl halides is 3. The van der Waals surface area contributed by atoms with E-state index in [2.05, 4.69) is 15.9 Å². The van der Waals surface area contributed by atoms with E-state index in [1.54, 1.807) is 0 Å². The number of nitrogens with two attached hydrogens (primary N) is 1. The fourth-order valence-electron chi connectivity index (χ4n) is 1.28. The number of rotatable bonds is 3. The monoisotopic (exact) mass is 349 g/mol. The second-order valence-corrected chi connectivity index (χ2v) is 4.10. The van der Waals surface area contributed by atoms with E-state index in [-0.39, 0.29) is 28.2 Å². The van der Waals surface area contributed by atoms with Crippen molar-refractivity contribution in [3.05, 3.63) is 22.2 Å². The van der Waals surface area contributed by atoms with E-state index < -0.39 is 12.2 Å². The van der Waals surface area contributed by atoms with Crippen molar-refractivity contribution in [1.29, 1.82) is 0 Å². The molecule has 0 aromatic heterocycles. The van der Waals surface area contributed by atoms with E-state index in [9.17, 15) is 13.2 Å². The van der Waals surface area contributed by atoms with Gasteiger partial charge in [-0.3, -0.25) is 0 Å². The van der Waals surface area contributed by atoms with Gasteiger partial charge in [-0.2, -0.15) is 13.2 Å². The number of hydrogen-bond donors (Lipinski definition) is 1. The molecule has 0 unspecified atom stereocenters. The summed E-state index contributed by atoms with van der Waals surface area (Å²) in [6.45, 7) is 0. The Bertz CT molecular complexity index is 415. The van der Waals surface area contributed by atoms with Gasteiger partial charge < -0.3 is 15.2 Å². The van der Waals surface area contributed by atoms with E-state index in [1.807, 2.05) is 0 Å². The van der Waals surface area contributed by atoms with Crippen LogP contribution in [-0.4, -0.2) is 20.4 Å². The summed E-state index contributed by atoms with van der Waals surface area (Å²) in [5, 5.41) is 0. The summed E-state index contributed by atoms with van der Waals surface area (Å²) in [6, 6.07) is 0.526. The molecule has 1 rings (SSSR count). The highest BCUT2D eigenvalue weighted by molar-refractivity contribution is 9.10. The van der Waals surface area contributed by atoms with Crippen LogP contribution in [0, 0.1) is 0 Å². The maximum absolute atomic E-state index is 12.5. The zero-order valence-electron chi connectivity index (χ0n) is 9.55. The lowest BCUT2D eigenvalue weighted by molar-refractivity contribution is -0.149. The van der Waals surface area contributed by atoms with Crippen molar-refractivity contribution >= 4 is 28.3 Å². The first kappa shape index (κ1) is 17.3. The van der Waals surface area contributed by atoms with Crippen molar-refractivity contribution in [2.75, 3.05) is 14.2 Å². The molecule has 1 aromatic carbocycles. The topological polar surface area (TPSA) is 44.5 Å². The van der Waals surface area contributed by atoms with Gasteiger partial charge in [-0.1, -0.05) is 15.9 Å². The molecular weight excluding hydrogens is 338 g/mol. The molecule has 0 bridgehead atoms. The molecule has 104 valence electrons. The smallest absolute Gasteiger partial charge is 0.407 e. The third-order valence-electron chi connectivity index (χ3n) is 2.19. The Morgan fingerprint density at radius 2 is 1.61 bits per heavy atom. The molecule has 0 fully saturated rings. The molecule has 0 aliphatic rings. The molecule has 0 aliphatic carbocycles. The van der Waals surface area contributed by atoms with Gasteiger partial charge in [0, 0.05) is 4.47 Å². The van der Waals surface area contributed by atoms with E-state index in [0.717, 1.165) is 0 Å². The molecule has 0 spiro atoms. The third kappa shape index (κ3) is 3.66. The van der Waals surface area contributed by atoms with Crippen molar-refractivity contribution in [3.8, 4) is 11.5 Å². The maximum atomic E-state index is 12.5. The van der Waals surface area contributed by atoms with Crippen molar-refractivity contribution in [3.63, 3.8) is 0 Å². The fourth-order valence-corrected chi connectivity index (χ4v) is 1.85. The van der Waals surface area contributed by atoms with E-state index in [4.69, 9.17) is 15.2 Å². The molecule has 1 aromatic rings. The second-order valence-electron chi connectivity index (χ2n) is 3.25. The Hall–Kier alpha value is -0.660. The standard InChI is InChI=1S/C10H11BrF3NO2.ClH/c1-16-7-3-5(9(15)10(12,13)14)6(11)4-8(7)17-2;/h3-4,9H,15H2,1-2H3;1H/t9-;/m1./s1. The summed E-state index contributed by atoms with van der Waals surface area (Å²) in [5.41, 5.74) is 5.03. The van der Waals surface area contributed by atoms with Crippen molar-refractivity contribution in [2.24, 2.45) is 5.73 Å². The van der Waals surface area contributed by atoms with Gasteiger partial charge >= 0.3 is 6.18 Å². The maximum Gasteiger partial charge on any atom is 0.407 e. The van der Waals surface area contributed by atoms with Crippen LogP contribution in [0.4, 0.5) is 13.2 Å². The van der Waals surface area contributed by atoms with Crippen LogP contribution in [0.1, 0.15) is 11.6 Å². The van der Waals surface area contributed by atoms with Crippen LogP contribution in [0.15, 0.2) is 16.6 Å². The highest BCUT2D eigenvalue weighted by Gasteiger charge is 2.39. The Morgan fingerprint density at radius 1 is 1.17 bits per heavy atom. The second kappa shape index (κ2) is 6.49. The Morgan fingerprint density at radius 3 is 2.00 bits per heavy atom. The zero-order chi connectivity index (χ0) is 13.2. The lowest BCUT2D eigenvalue weighted by Crippen LogP contribution is -2.28. The number of ether oxygens (including phenoxy) is 2. The SMILES string of the molecule is COc1cc(Br)c([C@@H](N)C(F)(F)F)cc1OC.Cl. The first-order valence-corrected chi connectivity index (χ1v) is 5.34. The van der Waals surface area contributed by atoms with Gasteiger partial charge in [0.1, 0.15) is 6.04 Å². The normalized spacial score (nSPS) is 12.6. The highest BCUT2D eigenvalue weighted by atomic mass is 79.9. The largest absolute Gasteiger partial charge is 0.493 e. The van der Waals surface area contributed by atoms with Crippen molar-refractivity contribution in [2.45, 2.75) is 12.2 Å². The number of halogens is 5. The molecule has 0 saturated heterocycles. The van der Waals surface area contributed by atoms with E-state index >= 15 is 0 Å². The van der Waals surface area contributed by atoms with Crippen LogP contribution in [-0.2, 0) is 0 Å². The van der Waals surface area contributed by atoms with Crippen LogP contribution >= 0.6 is 28.3 Å². The average molecular weight is 351 g/mol. The van der Waals surface area contributed by atoms with Crippen LogP contribution in [0.2, 0.25) is 0 Å². The summed E-state index contributed by atoms with van der Waals surface area (Å²) in [5.74, 6) is 0.530. The number of benzene rings is 1. The Balaban J connectivity index is 0.00000289. The minimum Gasteiger partial charge on any atom is -0.493 e. The van der Waals surface area contributed by atoms with Gasteiger partial charge in [0.25, 0.3) is 0 Å². The first-order chi connectivity index (χ1) is 7.81. The molecule has 0 saturated carbocycles. The van der Waals surface area contributed by atoms with Gasteiger partial charge in [-0.25, -0.2) is 0 Å². The number of methoxy groups -OCH3 is 2. The minimum atomic E-state index is -4.51. The third-order valence-corrected chi connectivity index (χ3v) is 2.88. The molecule has 2 N–H and O–H groups in total. The van der Waals surface area contributed by atoms with E-state index in [1.165, 1.54) is 26.4 Å². The Kier molecular flexibility index (Phi) is 6.25. The molecule has 0 heterocycles. The van der Waals surface area contributed by atoms with Crippen LogP contribution in [0.25, 0.3) is 0 Å². The Labute approximate surface area is 117 Å². The van der Waals surface area contributed by atoms with Gasteiger partial charge in [0.2, 0.25) is 0 Å². The van der Waals surface area contributed by atoms with Gasteiger partial charge in [0.05, 0.1) is 14.2 Å². The summed E-state index contributed by atoms with van der Waals surface area (Å²) in [7, 11) is 2.74. The van der Waals surface area contributed by atoms with Crippen LogP contribution < -0.4 is 15.2 Å². The van der Waals surface area contributed by atoms with Gasteiger partial charge in [-0.15, -0.1) is 12.4 Å². The number of hydrogen-bond acceptors (Lipinski definition) is 3. The summed E-state index contributed by atoms with van der Waals surface area (Å²) in [4.78, 5) is 0. The van der Waals surface area contributed by atoms with E-state index in [0.29, 0.717) is 5.75 Å². The van der Waals surface area contributed by atoms with Crippen LogP contribution in [0.3, 0.4) is 0 Å². The van der Waals surface area contributed by atoms with Crippen molar-refractivity contribution < 1.29 is 22.6 Å². The van der Waals surface area contributed by atoms with Crippen LogP contribution in [0.5, 0.6) is 11.5 Å². The fraction of sp³-hybridized carbons (Fsp3) is 0.400.